The average Bonchev–Trinajstić information content (AvgIpc) is 2.89. The van der Waals surface area contributed by atoms with Crippen molar-refractivity contribution in [3.63, 3.8) is 0 Å². The van der Waals surface area contributed by atoms with Crippen molar-refractivity contribution in [2.24, 2.45) is 0 Å². The molecule has 1 saturated heterocycles. The van der Waals surface area contributed by atoms with E-state index in [2.05, 4.69) is 4.98 Å². The molecule has 0 radical (unpaired) electrons. The Balaban J connectivity index is 2.05. The van der Waals surface area contributed by atoms with Crippen molar-refractivity contribution in [2.75, 3.05) is 11.4 Å². The van der Waals surface area contributed by atoms with Gasteiger partial charge in [0.25, 0.3) is 0 Å². The Morgan fingerprint density at radius 1 is 1.43 bits per heavy atom. The third-order valence-electron chi connectivity index (χ3n) is 3.80. The Morgan fingerprint density at radius 2 is 2.22 bits per heavy atom. The molecule has 2 atom stereocenters. The van der Waals surface area contributed by atoms with E-state index in [1.807, 2.05) is 0 Å². The highest BCUT2D eigenvalue weighted by atomic mass is 35.5. The number of aliphatic hydroxyl groups is 1. The highest BCUT2D eigenvalue weighted by Gasteiger charge is 2.36. The van der Waals surface area contributed by atoms with Crippen LogP contribution in [-0.4, -0.2) is 27.7 Å². The number of pyridine rings is 1. The van der Waals surface area contributed by atoms with E-state index in [4.69, 9.17) is 11.6 Å². The quantitative estimate of drug-likeness (QED) is 0.687. The van der Waals surface area contributed by atoms with Gasteiger partial charge in [0.2, 0.25) is 5.82 Å². The van der Waals surface area contributed by atoms with Crippen LogP contribution < -0.4 is 4.90 Å². The van der Waals surface area contributed by atoms with E-state index in [0.717, 1.165) is 0 Å². The molecule has 1 aromatic carbocycles. The summed E-state index contributed by atoms with van der Waals surface area (Å²) in [7, 11) is 0. The van der Waals surface area contributed by atoms with Gasteiger partial charge < -0.3 is 10.0 Å². The summed E-state index contributed by atoms with van der Waals surface area (Å²) in [4.78, 5) is 16.4. The van der Waals surface area contributed by atoms with E-state index in [1.54, 1.807) is 17.0 Å². The first-order chi connectivity index (χ1) is 11.0. The van der Waals surface area contributed by atoms with E-state index in [9.17, 15) is 19.6 Å². The lowest BCUT2D eigenvalue weighted by Gasteiger charge is -2.25. The standard InChI is InChI=1S/C15H13ClFN3O3/c16-10-5-14(20(22)23)15(18-7-10)19-8-12(21)6-13(19)9-2-1-3-11(17)4-9/h1-5,7,12-13,21H,6,8H2/t12-,13-/m0/s1. The monoisotopic (exact) mass is 337 g/mol. The van der Waals surface area contributed by atoms with E-state index >= 15 is 0 Å². The molecule has 1 N–H and O–H groups in total. The van der Waals surface area contributed by atoms with Crippen LogP contribution in [0.15, 0.2) is 36.5 Å². The molecule has 0 unspecified atom stereocenters. The van der Waals surface area contributed by atoms with Crippen molar-refractivity contribution in [2.45, 2.75) is 18.6 Å². The van der Waals surface area contributed by atoms with Crippen molar-refractivity contribution in [3.8, 4) is 0 Å². The fourth-order valence-electron chi connectivity index (χ4n) is 2.85. The fourth-order valence-corrected chi connectivity index (χ4v) is 3.01. The van der Waals surface area contributed by atoms with Crippen LogP contribution in [0.1, 0.15) is 18.0 Å². The summed E-state index contributed by atoms with van der Waals surface area (Å²) in [5.74, 6) is -0.285. The van der Waals surface area contributed by atoms with Crippen LogP contribution in [0.4, 0.5) is 15.9 Å². The number of hydrogen-bond donors (Lipinski definition) is 1. The highest BCUT2D eigenvalue weighted by Crippen LogP contribution is 2.40. The van der Waals surface area contributed by atoms with Crippen LogP contribution in [0.25, 0.3) is 0 Å². The van der Waals surface area contributed by atoms with Crippen molar-refractivity contribution in [1.82, 2.24) is 4.98 Å². The summed E-state index contributed by atoms with van der Waals surface area (Å²) in [6.07, 6.45) is 0.975. The molecule has 2 aromatic rings. The lowest BCUT2D eigenvalue weighted by Crippen LogP contribution is -2.26. The molecule has 0 saturated carbocycles. The van der Waals surface area contributed by atoms with Crippen molar-refractivity contribution < 1.29 is 14.4 Å². The summed E-state index contributed by atoms with van der Waals surface area (Å²) >= 11 is 5.79. The minimum Gasteiger partial charge on any atom is -0.391 e. The van der Waals surface area contributed by atoms with Gasteiger partial charge in [-0.2, -0.15) is 0 Å². The summed E-state index contributed by atoms with van der Waals surface area (Å²) in [5, 5.41) is 21.4. The van der Waals surface area contributed by atoms with Crippen molar-refractivity contribution >= 4 is 23.1 Å². The molecule has 1 fully saturated rings. The number of rotatable bonds is 3. The second-order valence-electron chi connectivity index (χ2n) is 5.37. The molecule has 3 rings (SSSR count). The molecule has 0 amide bonds. The summed E-state index contributed by atoms with van der Waals surface area (Å²) < 4.78 is 13.5. The maximum atomic E-state index is 13.5. The molecule has 1 aliphatic heterocycles. The van der Waals surface area contributed by atoms with Crippen LogP contribution in [0, 0.1) is 15.9 Å². The lowest BCUT2D eigenvalue weighted by molar-refractivity contribution is -0.384. The zero-order valence-corrected chi connectivity index (χ0v) is 12.7. The second kappa shape index (κ2) is 6.10. The first-order valence-electron chi connectivity index (χ1n) is 6.96. The minimum absolute atomic E-state index is 0.116. The van der Waals surface area contributed by atoms with Crippen LogP contribution in [0.3, 0.4) is 0 Å². The summed E-state index contributed by atoms with van der Waals surface area (Å²) in [6, 6.07) is 6.79. The molecule has 6 nitrogen and oxygen atoms in total. The van der Waals surface area contributed by atoms with Gasteiger partial charge in [0.1, 0.15) is 5.82 Å². The molecule has 0 spiro atoms. The van der Waals surface area contributed by atoms with Gasteiger partial charge in [0.05, 0.1) is 22.1 Å². The number of nitrogens with zero attached hydrogens (tertiary/aromatic N) is 3. The van der Waals surface area contributed by atoms with Gasteiger partial charge >= 0.3 is 5.69 Å². The van der Waals surface area contributed by atoms with Crippen LogP contribution in [-0.2, 0) is 0 Å². The minimum atomic E-state index is -0.680. The van der Waals surface area contributed by atoms with Gasteiger partial charge in [0.15, 0.2) is 0 Å². The summed E-state index contributed by atoms with van der Waals surface area (Å²) in [6.45, 7) is 0.177. The lowest BCUT2D eigenvalue weighted by atomic mass is 10.0. The zero-order valence-electron chi connectivity index (χ0n) is 11.9. The average molecular weight is 338 g/mol. The van der Waals surface area contributed by atoms with Gasteiger partial charge in [-0.3, -0.25) is 10.1 Å². The Labute approximate surface area is 136 Å². The van der Waals surface area contributed by atoms with E-state index in [-0.39, 0.29) is 23.1 Å². The molecule has 120 valence electrons. The number of β-amino-alcohol motifs (C(OH)–C–C–N with tert-alkyl or cyclic N) is 1. The Kier molecular flexibility index (Phi) is 4.14. The largest absolute Gasteiger partial charge is 0.391 e. The van der Waals surface area contributed by atoms with E-state index in [1.165, 1.54) is 24.4 Å². The predicted molar refractivity (Wildman–Crippen MR) is 83.0 cm³/mol. The van der Waals surface area contributed by atoms with Crippen molar-refractivity contribution in [1.29, 1.82) is 0 Å². The topological polar surface area (TPSA) is 79.5 Å². The van der Waals surface area contributed by atoms with Crippen LogP contribution in [0.2, 0.25) is 5.02 Å². The third kappa shape index (κ3) is 3.11. The number of anilines is 1. The number of aromatic nitrogens is 1. The Bertz CT molecular complexity index is 758. The molecule has 23 heavy (non-hydrogen) atoms. The number of aliphatic hydroxyl groups excluding tert-OH is 1. The van der Waals surface area contributed by atoms with E-state index < -0.39 is 22.9 Å². The predicted octanol–water partition coefficient (Wildman–Crippen LogP) is 3.09. The fraction of sp³-hybridized carbons (Fsp3) is 0.267. The molecule has 0 bridgehead atoms. The molecule has 8 heteroatoms. The molecule has 1 aromatic heterocycles. The van der Waals surface area contributed by atoms with E-state index in [0.29, 0.717) is 12.0 Å². The highest BCUT2D eigenvalue weighted by molar-refractivity contribution is 6.30. The van der Waals surface area contributed by atoms with Gasteiger partial charge in [-0.05, 0) is 24.1 Å². The molecular weight excluding hydrogens is 325 g/mol. The smallest absolute Gasteiger partial charge is 0.313 e. The number of halogens is 2. The number of nitro groups is 1. The Hall–Kier alpha value is -2.25. The van der Waals surface area contributed by atoms with Gasteiger partial charge in [0, 0.05) is 18.8 Å². The molecule has 0 aliphatic carbocycles. The van der Waals surface area contributed by atoms with Gasteiger partial charge in [-0.15, -0.1) is 0 Å². The summed E-state index contributed by atoms with van der Waals surface area (Å²) in [5.41, 5.74) is 0.389. The van der Waals surface area contributed by atoms with Crippen molar-refractivity contribution in [3.05, 3.63) is 63.0 Å². The normalized spacial score (nSPS) is 20.7. The SMILES string of the molecule is O=[N+]([O-])c1cc(Cl)cnc1N1C[C@@H](O)C[C@H]1c1cccc(F)c1. The van der Waals surface area contributed by atoms with Gasteiger partial charge in [-0.25, -0.2) is 9.37 Å². The number of benzene rings is 1. The zero-order chi connectivity index (χ0) is 16.6. The molecule has 1 aliphatic rings. The Morgan fingerprint density at radius 3 is 2.91 bits per heavy atom. The first-order valence-corrected chi connectivity index (χ1v) is 7.33. The molecular formula is C15H13ClFN3O3. The molecule has 2 heterocycles. The maximum absolute atomic E-state index is 13.5. The van der Waals surface area contributed by atoms with Crippen LogP contribution >= 0.6 is 11.6 Å². The maximum Gasteiger partial charge on any atom is 0.313 e. The second-order valence-corrected chi connectivity index (χ2v) is 5.80. The number of hydrogen-bond acceptors (Lipinski definition) is 5. The van der Waals surface area contributed by atoms with Gasteiger partial charge in [-0.1, -0.05) is 23.7 Å². The first kappa shape index (κ1) is 15.6. The third-order valence-corrected chi connectivity index (χ3v) is 4.00. The van der Waals surface area contributed by atoms with Crippen LogP contribution in [0.5, 0.6) is 0 Å².